The molecule has 1 fully saturated rings. The molecule has 2 rings (SSSR count). The highest BCUT2D eigenvalue weighted by molar-refractivity contribution is 6.31. The first-order valence-electron chi connectivity index (χ1n) is 6.28. The van der Waals surface area contributed by atoms with Crippen LogP contribution in [0.3, 0.4) is 0 Å². The maximum absolute atomic E-state index is 12.0. The number of likely N-dealkylation sites (tertiary alicyclic amines) is 1. The number of rotatable bonds is 3. The molecule has 1 aromatic carbocycles. The van der Waals surface area contributed by atoms with Crippen LogP contribution < -0.4 is 0 Å². The average Bonchev–Trinajstić information content (AvgIpc) is 2.79. The van der Waals surface area contributed by atoms with E-state index in [9.17, 15) is 4.79 Å². The van der Waals surface area contributed by atoms with E-state index in [1.165, 1.54) is 0 Å². The average molecular weight is 252 g/mol. The molecule has 0 N–H and O–H groups in total. The van der Waals surface area contributed by atoms with E-state index in [0.29, 0.717) is 6.42 Å². The van der Waals surface area contributed by atoms with Gasteiger partial charge in [-0.3, -0.25) is 4.79 Å². The lowest BCUT2D eigenvalue weighted by atomic mass is 10.0. The van der Waals surface area contributed by atoms with Gasteiger partial charge in [0.25, 0.3) is 0 Å². The summed E-state index contributed by atoms with van der Waals surface area (Å²) in [6.07, 6.45) is 3.65. The molecule has 1 aliphatic rings. The molecule has 1 unspecified atom stereocenters. The molecule has 0 aliphatic carbocycles. The highest BCUT2D eigenvalue weighted by Gasteiger charge is 2.30. The third kappa shape index (κ3) is 2.63. The van der Waals surface area contributed by atoms with E-state index in [4.69, 9.17) is 11.6 Å². The molecule has 1 heterocycles. The lowest BCUT2D eigenvalue weighted by Gasteiger charge is -2.25. The molecule has 0 saturated carbocycles. The molecule has 1 aliphatic heterocycles. The summed E-state index contributed by atoms with van der Waals surface area (Å²) in [5.74, 6) is 0.259. The highest BCUT2D eigenvalue weighted by atomic mass is 35.5. The zero-order chi connectivity index (χ0) is 12.3. The maximum Gasteiger partial charge on any atom is 0.223 e. The maximum atomic E-state index is 12.0. The summed E-state index contributed by atoms with van der Waals surface area (Å²) in [6.45, 7) is 2.91. The Bertz CT molecular complexity index is 405. The smallest absolute Gasteiger partial charge is 0.223 e. The zero-order valence-corrected chi connectivity index (χ0v) is 10.9. The molecule has 0 radical (unpaired) electrons. The summed E-state index contributed by atoms with van der Waals surface area (Å²) in [5.41, 5.74) is 1.09. The minimum Gasteiger partial charge on any atom is -0.336 e. The highest BCUT2D eigenvalue weighted by Crippen LogP contribution is 2.35. The van der Waals surface area contributed by atoms with Crippen LogP contribution in [0.5, 0.6) is 0 Å². The molecule has 0 aromatic heterocycles. The van der Waals surface area contributed by atoms with E-state index in [0.717, 1.165) is 36.4 Å². The molecule has 0 bridgehead atoms. The first-order chi connectivity index (χ1) is 8.24. The second-order valence-electron chi connectivity index (χ2n) is 4.52. The molecule has 17 heavy (non-hydrogen) atoms. The van der Waals surface area contributed by atoms with Gasteiger partial charge in [-0.05, 0) is 30.9 Å². The van der Waals surface area contributed by atoms with Gasteiger partial charge in [0.05, 0.1) is 6.04 Å². The Morgan fingerprint density at radius 3 is 2.94 bits per heavy atom. The number of hydrogen-bond acceptors (Lipinski definition) is 1. The summed E-state index contributed by atoms with van der Waals surface area (Å²) < 4.78 is 0. The van der Waals surface area contributed by atoms with Crippen molar-refractivity contribution in [2.45, 2.75) is 38.6 Å². The third-order valence-corrected chi connectivity index (χ3v) is 3.65. The minimum atomic E-state index is 0.183. The van der Waals surface area contributed by atoms with Crippen LogP contribution in [0.1, 0.15) is 44.2 Å². The van der Waals surface area contributed by atoms with E-state index < -0.39 is 0 Å². The second-order valence-corrected chi connectivity index (χ2v) is 4.92. The van der Waals surface area contributed by atoms with Gasteiger partial charge in [-0.15, -0.1) is 0 Å². The summed E-state index contributed by atoms with van der Waals surface area (Å²) in [7, 11) is 0. The van der Waals surface area contributed by atoms with Crippen molar-refractivity contribution in [3.8, 4) is 0 Å². The summed E-state index contributed by atoms with van der Waals surface area (Å²) in [4.78, 5) is 14.0. The lowest BCUT2D eigenvalue weighted by Crippen LogP contribution is -2.30. The Hall–Kier alpha value is -1.02. The van der Waals surface area contributed by atoms with Crippen molar-refractivity contribution in [1.29, 1.82) is 0 Å². The van der Waals surface area contributed by atoms with E-state index in [1.54, 1.807) is 0 Å². The quantitative estimate of drug-likeness (QED) is 0.800. The van der Waals surface area contributed by atoms with Crippen LogP contribution in [-0.4, -0.2) is 17.4 Å². The molecular formula is C14H18ClNO. The predicted molar refractivity (Wildman–Crippen MR) is 70.0 cm³/mol. The van der Waals surface area contributed by atoms with Gasteiger partial charge in [-0.25, -0.2) is 0 Å². The SMILES string of the molecule is CCCC(=O)N1CCCC1c1ccccc1Cl. The van der Waals surface area contributed by atoms with Gasteiger partial charge < -0.3 is 4.90 Å². The van der Waals surface area contributed by atoms with E-state index in [-0.39, 0.29) is 11.9 Å². The zero-order valence-electron chi connectivity index (χ0n) is 10.2. The number of carbonyl (C=O) groups excluding carboxylic acids is 1. The van der Waals surface area contributed by atoms with Gasteiger partial charge in [0.2, 0.25) is 5.91 Å². The minimum absolute atomic E-state index is 0.183. The fourth-order valence-electron chi connectivity index (χ4n) is 2.49. The van der Waals surface area contributed by atoms with Gasteiger partial charge in [0.1, 0.15) is 0 Å². The summed E-state index contributed by atoms with van der Waals surface area (Å²) in [5, 5.41) is 0.772. The predicted octanol–water partition coefficient (Wildman–Crippen LogP) is 3.80. The Morgan fingerprint density at radius 1 is 1.47 bits per heavy atom. The number of nitrogens with zero attached hydrogens (tertiary/aromatic N) is 1. The standard InChI is InChI=1S/C14H18ClNO/c1-2-6-14(17)16-10-5-9-13(16)11-7-3-4-8-12(11)15/h3-4,7-8,13H,2,5-6,9-10H2,1H3. The van der Waals surface area contributed by atoms with Crippen LogP contribution in [0, 0.1) is 0 Å². The molecule has 1 atom stereocenters. The molecular weight excluding hydrogens is 234 g/mol. The summed E-state index contributed by atoms with van der Waals surface area (Å²) in [6, 6.07) is 8.03. The van der Waals surface area contributed by atoms with E-state index >= 15 is 0 Å². The van der Waals surface area contributed by atoms with Gasteiger partial charge in [0.15, 0.2) is 0 Å². The molecule has 92 valence electrons. The monoisotopic (exact) mass is 251 g/mol. The number of amides is 1. The largest absolute Gasteiger partial charge is 0.336 e. The van der Waals surface area contributed by atoms with Crippen molar-refractivity contribution in [2.24, 2.45) is 0 Å². The number of hydrogen-bond donors (Lipinski definition) is 0. The molecule has 3 heteroatoms. The van der Waals surface area contributed by atoms with Crippen molar-refractivity contribution in [3.05, 3.63) is 34.9 Å². The second kappa shape index (κ2) is 5.54. The molecule has 1 saturated heterocycles. The van der Waals surface area contributed by atoms with Crippen molar-refractivity contribution < 1.29 is 4.79 Å². The van der Waals surface area contributed by atoms with Crippen LogP contribution in [-0.2, 0) is 4.79 Å². The topological polar surface area (TPSA) is 20.3 Å². The van der Waals surface area contributed by atoms with Gasteiger partial charge in [-0.2, -0.15) is 0 Å². The van der Waals surface area contributed by atoms with Crippen LogP contribution in [0.15, 0.2) is 24.3 Å². The van der Waals surface area contributed by atoms with Crippen LogP contribution >= 0.6 is 11.6 Å². The molecule has 1 amide bonds. The number of halogens is 1. The van der Waals surface area contributed by atoms with Gasteiger partial charge >= 0.3 is 0 Å². The molecule has 0 spiro atoms. The first kappa shape index (κ1) is 12.4. The molecule has 2 nitrogen and oxygen atoms in total. The van der Waals surface area contributed by atoms with Crippen molar-refractivity contribution in [3.63, 3.8) is 0 Å². The fourth-order valence-corrected chi connectivity index (χ4v) is 2.75. The van der Waals surface area contributed by atoms with Crippen LogP contribution in [0.2, 0.25) is 5.02 Å². The van der Waals surface area contributed by atoms with Gasteiger partial charge in [-0.1, -0.05) is 36.7 Å². The van der Waals surface area contributed by atoms with Crippen molar-refractivity contribution in [1.82, 2.24) is 4.90 Å². The first-order valence-corrected chi connectivity index (χ1v) is 6.65. The molecule has 1 aromatic rings. The van der Waals surface area contributed by atoms with E-state index in [2.05, 4.69) is 0 Å². The Balaban J connectivity index is 2.20. The fraction of sp³-hybridized carbons (Fsp3) is 0.500. The normalized spacial score (nSPS) is 19.6. The van der Waals surface area contributed by atoms with Crippen molar-refractivity contribution in [2.75, 3.05) is 6.54 Å². The Labute approximate surface area is 108 Å². The third-order valence-electron chi connectivity index (χ3n) is 3.30. The van der Waals surface area contributed by atoms with Crippen molar-refractivity contribution >= 4 is 17.5 Å². The van der Waals surface area contributed by atoms with Crippen LogP contribution in [0.4, 0.5) is 0 Å². The Kier molecular flexibility index (Phi) is 4.06. The summed E-state index contributed by atoms with van der Waals surface area (Å²) >= 11 is 6.21. The number of carbonyl (C=O) groups is 1. The number of benzene rings is 1. The van der Waals surface area contributed by atoms with Crippen LogP contribution in [0.25, 0.3) is 0 Å². The van der Waals surface area contributed by atoms with Gasteiger partial charge in [0, 0.05) is 18.0 Å². The Morgan fingerprint density at radius 2 is 2.24 bits per heavy atom. The van der Waals surface area contributed by atoms with E-state index in [1.807, 2.05) is 36.1 Å². The lowest BCUT2D eigenvalue weighted by molar-refractivity contribution is -0.132.